The van der Waals surface area contributed by atoms with Gasteiger partial charge in [0.25, 0.3) is 0 Å². The van der Waals surface area contributed by atoms with Crippen LogP contribution in [0, 0.1) is 5.82 Å². The highest BCUT2D eigenvalue weighted by Crippen LogP contribution is 2.23. The third kappa shape index (κ3) is 5.15. The molecule has 0 aliphatic rings. The van der Waals surface area contributed by atoms with E-state index in [1.807, 2.05) is 0 Å². The van der Waals surface area contributed by atoms with Gasteiger partial charge in [0.2, 0.25) is 10.0 Å². The number of nitrogens with zero attached hydrogens (tertiary/aromatic N) is 1. The maximum Gasteiger partial charge on any atom is 0.321 e. The fourth-order valence-corrected chi connectivity index (χ4v) is 3.33. The van der Waals surface area contributed by atoms with Crippen LogP contribution in [-0.2, 0) is 26.2 Å². The van der Waals surface area contributed by atoms with E-state index in [0.29, 0.717) is 15.6 Å². The van der Waals surface area contributed by atoms with Gasteiger partial charge in [-0.3, -0.25) is 4.79 Å². The first-order valence-electron chi connectivity index (χ1n) is 7.01. The predicted octanol–water partition coefficient (Wildman–Crippen LogP) is 3.50. The SMILES string of the molecule is CN(CC(=O)OCc1ccc(Cl)c(Cl)c1)S(=O)(=O)c1ccc(F)cc1. The molecule has 0 atom stereocenters. The monoisotopic (exact) mass is 405 g/mol. The molecule has 0 N–H and O–H groups in total. The van der Waals surface area contributed by atoms with E-state index in [1.165, 1.54) is 7.05 Å². The van der Waals surface area contributed by atoms with Gasteiger partial charge in [0.1, 0.15) is 19.0 Å². The highest BCUT2D eigenvalue weighted by atomic mass is 35.5. The van der Waals surface area contributed by atoms with Crippen LogP contribution in [0.25, 0.3) is 0 Å². The maximum absolute atomic E-state index is 12.9. The number of hydrogen-bond donors (Lipinski definition) is 0. The standard InChI is InChI=1S/C16H14Cl2FNO4S/c1-20(25(22,23)13-5-3-12(19)4-6-13)9-16(21)24-10-11-2-7-14(17)15(18)8-11/h2-8H,9-10H2,1H3. The van der Waals surface area contributed by atoms with Gasteiger partial charge in [0.15, 0.2) is 0 Å². The molecule has 0 aliphatic heterocycles. The van der Waals surface area contributed by atoms with E-state index in [0.717, 1.165) is 28.6 Å². The molecule has 0 fully saturated rings. The van der Waals surface area contributed by atoms with Crippen LogP contribution in [0.1, 0.15) is 5.56 Å². The van der Waals surface area contributed by atoms with Crippen molar-refractivity contribution in [2.24, 2.45) is 0 Å². The molecule has 5 nitrogen and oxygen atoms in total. The predicted molar refractivity (Wildman–Crippen MR) is 92.5 cm³/mol. The second-order valence-electron chi connectivity index (χ2n) is 5.12. The summed E-state index contributed by atoms with van der Waals surface area (Å²) in [5, 5.41) is 0.702. The first kappa shape index (κ1) is 19.7. The summed E-state index contributed by atoms with van der Waals surface area (Å²) in [5.74, 6) is -1.29. The van der Waals surface area contributed by atoms with E-state index in [2.05, 4.69) is 0 Å². The zero-order valence-electron chi connectivity index (χ0n) is 13.1. The van der Waals surface area contributed by atoms with Crippen LogP contribution in [0.15, 0.2) is 47.4 Å². The summed E-state index contributed by atoms with van der Waals surface area (Å²) in [6, 6.07) is 9.08. The number of carbonyl (C=O) groups excluding carboxylic acids is 1. The number of esters is 1. The van der Waals surface area contributed by atoms with Gasteiger partial charge in [-0.2, -0.15) is 4.31 Å². The summed E-state index contributed by atoms with van der Waals surface area (Å²) in [4.78, 5) is 11.7. The molecule has 2 rings (SSSR count). The highest BCUT2D eigenvalue weighted by Gasteiger charge is 2.23. The Morgan fingerprint density at radius 2 is 1.76 bits per heavy atom. The topological polar surface area (TPSA) is 63.7 Å². The Morgan fingerprint density at radius 1 is 1.12 bits per heavy atom. The number of carbonyl (C=O) groups is 1. The molecule has 2 aromatic carbocycles. The molecular weight excluding hydrogens is 392 g/mol. The van der Waals surface area contributed by atoms with Crippen LogP contribution < -0.4 is 0 Å². The third-order valence-corrected chi connectivity index (χ3v) is 5.81. The number of benzene rings is 2. The summed E-state index contributed by atoms with van der Waals surface area (Å²) in [7, 11) is -2.68. The molecule has 0 aliphatic carbocycles. The van der Waals surface area contributed by atoms with Crippen LogP contribution in [0.5, 0.6) is 0 Å². The number of likely N-dealkylation sites (N-methyl/N-ethyl adjacent to an activating group) is 1. The number of ether oxygens (including phenoxy) is 1. The fraction of sp³-hybridized carbons (Fsp3) is 0.188. The van der Waals surface area contributed by atoms with E-state index in [9.17, 15) is 17.6 Å². The number of halogens is 3. The summed E-state index contributed by atoms with van der Waals surface area (Å²) >= 11 is 11.7. The van der Waals surface area contributed by atoms with Gasteiger partial charge in [0, 0.05) is 7.05 Å². The Kier molecular flexibility index (Phi) is 6.40. The fourth-order valence-electron chi connectivity index (χ4n) is 1.89. The second-order valence-corrected chi connectivity index (χ2v) is 7.98. The van der Waals surface area contributed by atoms with Crippen LogP contribution in [0.2, 0.25) is 10.0 Å². The summed E-state index contributed by atoms with van der Waals surface area (Å²) < 4.78 is 43.4. The third-order valence-electron chi connectivity index (χ3n) is 3.26. The van der Waals surface area contributed by atoms with Crippen molar-refractivity contribution in [3.8, 4) is 0 Å². The lowest BCUT2D eigenvalue weighted by atomic mass is 10.2. The Labute approximate surface area is 155 Å². The molecule has 0 bridgehead atoms. The Balaban J connectivity index is 1.97. The molecule has 0 heterocycles. The largest absolute Gasteiger partial charge is 0.460 e. The molecule has 2 aromatic rings. The lowest BCUT2D eigenvalue weighted by molar-refractivity contribution is -0.144. The average molecular weight is 406 g/mol. The van der Waals surface area contributed by atoms with Gasteiger partial charge in [-0.25, -0.2) is 12.8 Å². The average Bonchev–Trinajstić information content (AvgIpc) is 2.56. The smallest absolute Gasteiger partial charge is 0.321 e. The molecular formula is C16H14Cl2FNO4S. The Morgan fingerprint density at radius 3 is 2.36 bits per heavy atom. The molecule has 9 heteroatoms. The number of hydrogen-bond acceptors (Lipinski definition) is 4. The summed E-state index contributed by atoms with van der Waals surface area (Å²) in [5.41, 5.74) is 0.617. The molecule has 25 heavy (non-hydrogen) atoms. The Bertz CT molecular complexity index is 872. The van der Waals surface area contributed by atoms with Crippen LogP contribution >= 0.6 is 23.2 Å². The quantitative estimate of drug-likeness (QED) is 0.689. The molecule has 0 saturated carbocycles. The van der Waals surface area contributed by atoms with Crippen molar-refractivity contribution in [3.05, 3.63) is 63.9 Å². The van der Waals surface area contributed by atoms with Crippen molar-refractivity contribution in [3.63, 3.8) is 0 Å². The van der Waals surface area contributed by atoms with E-state index in [4.69, 9.17) is 27.9 Å². The van der Waals surface area contributed by atoms with Crippen molar-refractivity contribution in [2.75, 3.05) is 13.6 Å². The zero-order valence-corrected chi connectivity index (χ0v) is 15.4. The van der Waals surface area contributed by atoms with E-state index < -0.39 is 28.4 Å². The van der Waals surface area contributed by atoms with Gasteiger partial charge in [-0.05, 0) is 42.0 Å². The molecule has 0 radical (unpaired) electrons. The van der Waals surface area contributed by atoms with Gasteiger partial charge in [-0.1, -0.05) is 29.3 Å². The molecule has 0 unspecified atom stereocenters. The normalized spacial score (nSPS) is 11.6. The van der Waals surface area contributed by atoms with Crippen molar-refractivity contribution in [1.82, 2.24) is 4.31 Å². The van der Waals surface area contributed by atoms with Crippen molar-refractivity contribution in [1.29, 1.82) is 0 Å². The van der Waals surface area contributed by atoms with Crippen LogP contribution in [0.4, 0.5) is 4.39 Å². The summed E-state index contributed by atoms with van der Waals surface area (Å²) in [6.07, 6.45) is 0. The lowest BCUT2D eigenvalue weighted by Crippen LogP contribution is -2.33. The molecule has 0 saturated heterocycles. The highest BCUT2D eigenvalue weighted by molar-refractivity contribution is 7.89. The maximum atomic E-state index is 12.9. The molecule has 134 valence electrons. The summed E-state index contributed by atoms with van der Waals surface area (Å²) in [6.45, 7) is -0.554. The minimum absolute atomic E-state index is 0.0693. The second kappa shape index (κ2) is 8.14. The van der Waals surface area contributed by atoms with E-state index in [1.54, 1.807) is 18.2 Å². The van der Waals surface area contributed by atoms with Gasteiger partial charge in [-0.15, -0.1) is 0 Å². The van der Waals surface area contributed by atoms with Crippen molar-refractivity contribution >= 4 is 39.2 Å². The first-order chi connectivity index (χ1) is 11.7. The minimum Gasteiger partial charge on any atom is -0.460 e. The number of rotatable bonds is 6. The molecule has 0 aromatic heterocycles. The minimum atomic E-state index is -3.92. The zero-order chi connectivity index (χ0) is 18.6. The number of sulfonamides is 1. The van der Waals surface area contributed by atoms with Crippen molar-refractivity contribution in [2.45, 2.75) is 11.5 Å². The first-order valence-corrected chi connectivity index (χ1v) is 9.21. The van der Waals surface area contributed by atoms with Crippen LogP contribution in [-0.4, -0.2) is 32.3 Å². The molecule has 0 amide bonds. The lowest BCUT2D eigenvalue weighted by Gasteiger charge is -2.16. The van der Waals surface area contributed by atoms with Gasteiger partial charge >= 0.3 is 5.97 Å². The van der Waals surface area contributed by atoms with Gasteiger partial charge in [0.05, 0.1) is 14.9 Å². The van der Waals surface area contributed by atoms with Gasteiger partial charge < -0.3 is 4.74 Å². The van der Waals surface area contributed by atoms with E-state index >= 15 is 0 Å². The molecule has 0 spiro atoms. The van der Waals surface area contributed by atoms with Crippen molar-refractivity contribution < 1.29 is 22.3 Å². The Hall–Kier alpha value is -1.67. The van der Waals surface area contributed by atoms with Crippen LogP contribution in [0.3, 0.4) is 0 Å². The van der Waals surface area contributed by atoms with E-state index in [-0.39, 0.29) is 11.5 Å².